The topological polar surface area (TPSA) is 39.9 Å². The molecule has 7 heteroatoms. The molecule has 180 valence electrons. The average molecular weight is 486 g/mol. The Kier molecular flexibility index (Phi) is 6.29. The lowest BCUT2D eigenvalue weighted by atomic mass is 10.0. The van der Waals surface area contributed by atoms with E-state index in [0.29, 0.717) is 23.5 Å². The Balaban J connectivity index is 1.45. The number of halogens is 3. The van der Waals surface area contributed by atoms with Crippen LogP contribution in [-0.4, -0.2) is 14.8 Å². The van der Waals surface area contributed by atoms with E-state index in [1.165, 1.54) is 6.07 Å². The maximum Gasteiger partial charge on any atom is 0.416 e. The van der Waals surface area contributed by atoms with Gasteiger partial charge in [0.1, 0.15) is 12.4 Å². The number of ether oxygens (including phenoxy) is 1. The fourth-order valence-electron chi connectivity index (χ4n) is 3.96. The van der Waals surface area contributed by atoms with Crippen LogP contribution in [0.5, 0.6) is 5.75 Å². The molecule has 0 unspecified atom stereocenters. The highest BCUT2D eigenvalue weighted by Gasteiger charge is 2.30. The molecule has 0 bridgehead atoms. The molecule has 0 spiro atoms. The van der Waals surface area contributed by atoms with Gasteiger partial charge in [-0.3, -0.25) is 4.98 Å². The maximum absolute atomic E-state index is 13.2. The predicted octanol–water partition coefficient (Wildman–Crippen LogP) is 7.51. The first-order chi connectivity index (χ1) is 17.4. The van der Waals surface area contributed by atoms with Crippen molar-refractivity contribution in [2.75, 3.05) is 0 Å². The number of pyridine rings is 1. The van der Waals surface area contributed by atoms with Gasteiger partial charge in [0.2, 0.25) is 0 Å². The molecule has 0 saturated heterocycles. The number of aromatic nitrogens is 3. The van der Waals surface area contributed by atoms with Gasteiger partial charge in [0, 0.05) is 29.7 Å². The van der Waals surface area contributed by atoms with Gasteiger partial charge in [-0.15, -0.1) is 0 Å². The lowest BCUT2D eigenvalue weighted by Gasteiger charge is -2.12. The third-order valence-corrected chi connectivity index (χ3v) is 5.89. The summed E-state index contributed by atoms with van der Waals surface area (Å²) < 4.78 is 47.4. The van der Waals surface area contributed by atoms with E-state index in [9.17, 15) is 13.2 Å². The van der Waals surface area contributed by atoms with Crippen molar-refractivity contribution in [3.63, 3.8) is 0 Å². The largest absolute Gasteiger partial charge is 0.488 e. The van der Waals surface area contributed by atoms with E-state index in [0.717, 1.165) is 40.1 Å². The van der Waals surface area contributed by atoms with Crippen molar-refractivity contribution in [2.45, 2.75) is 19.7 Å². The molecule has 2 aromatic heterocycles. The summed E-state index contributed by atoms with van der Waals surface area (Å²) in [4.78, 5) is 4.25. The van der Waals surface area contributed by atoms with E-state index >= 15 is 0 Å². The van der Waals surface area contributed by atoms with Crippen LogP contribution in [0, 0.1) is 6.92 Å². The van der Waals surface area contributed by atoms with Crippen molar-refractivity contribution in [1.82, 2.24) is 14.8 Å². The highest BCUT2D eigenvalue weighted by Crippen LogP contribution is 2.34. The van der Waals surface area contributed by atoms with Crippen molar-refractivity contribution >= 4 is 0 Å². The summed E-state index contributed by atoms with van der Waals surface area (Å²) in [6, 6.07) is 22.6. The Labute approximate surface area is 206 Å². The van der Waals surface area contributed by atoms with Gasteiger partial charge < -0.3 is 4.74 Å². The van der Waals surface area contributed by atoms with Gasteiger partial charge in [-0.1, -0.05) is 54.6 Å². The van der Waals surface area contributed by atoms with Crippen LogP contribution in [0.1, 0.15) is 16.7 Å². The number of benzene rings is 3. The van der Waals surface area contributed by atoms with Crippen LogP contribution < -0.4 is 4.74 Å². The number of nitrogens with zero attached hydrogens (tertiary/aromatic N) is 3. The lowest BCUT2D eigenvalue weighted by molar-refractivity contribution is -0.137. The van der Waals surface area contributed by atoms with Crippen LogP contribution in [0.3, 0.4) is 0 Å². The van der Waals surface area contributed by atoms with Gasteiger partial charge in [-0.25, -0.2) is 4.68 Å². The van der Waals surface area contributed by atoms with Crippen LogP contribution in [0.25, 0.3) is 27.9 Å². The molecule has 5 rings (SSSR count). The highest BCUT2D eigenvalue weighted by atomic mass is 19.4. The lowest BCUT2D eigenvalue weighted by Crippen LogP contribution is -2.04. The molecule has 5 aromatic rings. The average Bonchev–Trinajstić information content (AvgIpc) is 3.38. The molecule has 0 radical (unpaired) electrons. The van der Waals surface area contributed by atoms with Crippen LogP contribution in [0.15, 0.2) is 104 Å². The Hall–Kier alpha value is -4.39. The zero-order valence-corrected chi connectivity index (χ0v) is 19.4. The van der Waals surface area contributed by atoms with E-state index in [1.54, 1.807) is 29.3 Å². The van der Waals surface area contributed by atoms with Gasteiger partial charge in [-0.2, -0.15) is 18.3 Å². The van der Waals surface area contributed by atoms with Crippen LogP contribution in [0.4, 0.5) is 13.2 Å². The molecule has 36 heavy (non-hydrogen) atoms. The Bertz CT molecular complexity index is 1490. The Morgan fingerprint density at radius 1 is 0.833 bits per heavy atom. The second-order valence-electron chi connectivity index (χ2n) is 8.40. The summed E-state index contributed by atoms with van der Waals surface area (Å²) in [6.45, 7) is 2.36. The van der Waals surface area contributed by atoms with Crippen LogP contribution in [0.2, 0.25) is 0 Å². The van der Waals surface area contributed by atoms with E-state index in [1.807, 2.05) is 67.7 Å². The highest BCUT2D eigenvalue weighted by molar-refractivity contribution is 5.70. The standard InChI is InChI=1S/C29H22F3N3O/c1-20-10-11-23(22-8-5-9-25(14-22)29(30,31)32)15-27(20)35-18-24(16-34-35)26-17-33-13-12-28(26)36-19-21-6-3-2-4-7-21/h2-18H,19H2,1H3. The molecule has 0 aliphatic heterocycles. The predicted molar refractivity (Wildman–Crippen MR) is 133 cm³/mol. The molecule has 2 heterocycles. The summed E-state index contributed by atoms with van der Waals surface area (Å²) in [7, 11) is 0. The summed E-state index contributed by atoms with van der Waals surface area (Å²) in [6.07, 6.45) is 2.60. The van der Waals surface area contributed by atoms with Gasteiger partial charge in [0.05, 0.1) is 17.4 Å². The fraction of sp³-hybridized carbons (Fsp3) is 0.103. The number of rotatable bonds is 6. The minimum Gasteiger partial charge on any atom is -0.488 e. The molecule has 0 amide bonds. The quantitative estimate of drug-likeness (QED) is 0.250. The van der Waals surface area contributed by atoms with Crippen molar-refractivity contribution in [2.24, 2.45) is 0 Å². The van der Waals surface area contributed by atoms with E-state index in [2.05, 4.69) is 10.1 Å². The summed E-state index contributed by atoms with van der Waals surface area (Å²) in [5.74, 6) is 0.683. The summed E-state index contributed by atoms with van der Waals surface area (Å²) >= 11 is 0. The SMILES string of the molecule is Cc1ccc(-c2cccc(C(F)(F)F)c2)cc1-n1cc(-c2cnccc2OCc2ccccc2)cn1. The molecular weight excluding hydrogens is 463 g/mol. The van der Waals surface area contributed by atoms with Crippen molar-refractivity contribution in [3.05, 3.63) is 120 Å². The van der Waals surface area contributed by atoms with Gasteiger partial charge in [0.15, 0.2) is 0 Å². The third-order valence-electron chi connectivity index (χ3n) is 5.89. The van der Waals surface area contributed by atoms with Crippen LogP contribution in [-0.2, 0) is 12.8 Å². The zero-order valence-electron chi connectivity index (χ0n) is 19.4. The first kappa shape index (κ1) is 23.4. The molecule has 4 nitrogen and oxygen atoms in total. The second-order valence-corrected chi connectivity index (χ2v) is 8.40. The molecule has 0 fully saturated rings. The molecular formula is C29H22F3N3O. The number of hydrogen-bond acceptors (Lipinski definition) is 3. The molecule has 0 saturated carbocycles. The second kappa shape index (κ2) is 9.70. The van der Waals surface area contributed by atoms with Crippen LogP contribution >= 0.6 is 0 Å². The monoisotopic (exact) mass is 485 g/mol. The van der Waals surface area contributed by atoms with Gasteiger partial charge in [-0.05, 0) is 53.4 Å². The zero-order chi connectivity index (χ0) is 25.1. The van der Waals surface area contributed by atoms with E-state index < -0.39 is 11.7 Å². The van der Waals surface area contributed by atoms with Gasteiger partial charge >= 0.3 is 6.18 Å². The molecule has 0 aliphatic rings. The Morgan fingerprint density at radius 3 is 2.44 bits per heavy atom. The molecule has 0 N–H and O–H groups in total. The molecule has 3 aromatic carbocycles. The first-order valence-electron chi connectivity index (χ1n) is 11.3. The number of aryl methyl sites for hydroxylation is 1. The number of alkyl halides is 3. The third kappa shape index (κ3) is 5.00. The number of hydrogen-bond donors (Lipinski definition) is 0. The van der Waals surface area contributed by atoms with Crippen molar-refractivity contribution < 1.29 is 17.9 Å². The van der Waals surface area contributed by atoms with Crippen molar-refractivity contribution in [3.8, 4) is 33.7 Å². The summed E-state index contributed by atoms with van der Waals surface area (Å²) in [5, 5.41) is 4.53. The minimum absolute atomic E-state index is 0.421. The first-order valence-corrected chi connectivity index (χ1v) is 11.3. The molecule has 0 atom stereocenters. The maximum atomic E-state index is 13.2. The Morgan fingerprint density at radius 2 is 1.64 bits per heavy atom. The molecule has 0 aliphatic carbocycles. The normalized spacial score (nSPS) is 11.4. The van der Waals surface area contributed by atoms with Crippen molar-refractivity contribution in [1.29, 1.82) is 0 Å². The van der Waals surface area contributed by atoms with Gasteiger partial charge in [0.25, 0.3) is 0 Å². The smallest absolute Gasteiger partial charge is 0.416 e. The summed E-state index contributed by atoms with van der Waals surface area (Å²) in [5.41, 5.74) is 4.86. The fourth-order valence-corrected chi connectivity index (χ4v) is 3.96. The van der Waals surface area contributed by atoms with E-state index in [4.69, 9.17) is 4.74 Å². The van der Waals surface area contributed by atoms with E-state index in [-0.39, 0.29) is 0 Å². The minimum atomic E-state index is -4.40.